The molecule has 0 N–H and O–H groups in total. The van der Waals surface area contributed by atoms with Crippen molar-refractivity contribution in [1.29, 1.82) is 0 Å². The molecule has 0 heterocycles. The fourth-order valence-electron chi connectivity index (χ4n) is 3.18. The van der Waals surface area contributed by atoms with Crippen molar-refractivity contribution in [2.45, 2.75) is 32.2 Å². The first-order chi connectivity index (χ1) is 10.8. The van der Waals surface area contributed by atoms with E-state index < -0.39 is 0 Å². The van der Waals surface area contributed by atoms with E-state index in [1.807, 2.05) is 0 Å². The second kappa shape index (κ2) is 7.42. The molecule has 2 aromatic carbocycles. The second-order valence-electron chi connectivity index (χ2n) is 6.26. The summed E-state index contributed by atoms with van der Waals surface area (Å²) in [6.07, 6.45) is 12.2. The summed E-state index contributed by atoms with van der Waals surface area (Å²) in [4.78, 5) is 2.38. The zero-order valence-corrected chi connectivity index (χ0v) is 13.5. The molecular weight excluding hydrogens is 266 g/mol. The van der Waals surface area contributed by atoms with Crippen LogP contribution in [0.15, 0.2) is 66.3 Å². The van der Waals surface area contributed by atoms with Gasteiger partial charge in [0.2, 0.25) is 0 Å². The van der Waals surface area contributed by atoms with Crippen LogP contribution in [0.2, 0.25) is 0 Å². The van der Waals surface area contributed by atoms with Crippen LogP contribution in [0.5, 0.6) is 0 Å². The topological polar surface area (TPSA) is 3.24 Å². The summed E-state index contributed by atoms with van der Waals surface area (Å²) in [5.41, 5.74) is 2.93. The monoisotopic (exact) mass is 291 g/mol. The molecule has 114 valence electrons. The summed E-state index contributed by atoms with van der Waals surface area (Å²) in [6, 6.07) is 15.2. The molecule has 1 nitrogen and oxygen atoms in total. The van der Waals surface area contributed by atoms with Gasteiger partial charge in [0, 0.05) is 13.1 Å². The van der Waals surface area contributed by atoms with E-state index in [4.69, 9.17) is 0 Å². The lowest BCUT2D eigenvalue weighted by atomic mass is 9.99. The van der Waals surface area contributed by atoms with Gasteiger partial charge in [-0.25, -0.2) is 0 Å². The summed E-state index contributed by atoms with van der Waals surface area (Å²) in [6.45, 7) is 1.99. The van der Waals surface area contributed by atoms with E-state index in [0.717, 1.165) is 13.1 Å². The minimum absolute atomic E-state index is 0.991. The lowest BCUT2D eigenvalue weighted by Crippen LogP contribution is -2.17. The zero-order valence-electron chi connectivity index (χ0n) is 13.5. The van der Waals surface area contributed by atoms with Gasteiger partial charge in [-0.1, -0.05) is 66.3 Å². The molecule has 2 aromatic rings. The summed E-state index contributed by atoms with van der Waals surface area (Å²) in [7, 11) is 2.20. The molecule has 0 saturated heterocycles. The minimum atomic E-state index is 0.991. The van der Waals surface area contributed by atoms with Crippen LogP contribution in [0, 0.1) is 0 Å². The largest absolute Gasteiger partial charge is 0.298 e. The Bertz CT molecular complexity index is 676. The number of nitrogens with zero attached hydrogens (tertiary/aromatic N) is 1. The third-order valence-corrected chi connectivity index (χ3v) is 4.40. The Morgan fingerprint density at radius 2 is 1.91 bits per heavy atom. The molecule has 0 amide bonds. The van der Waals surface area contributed by atoms with Crippen molar-refractivity contribution in [3.05, 3.63) is 71.8 Å². The highest BCUT2D eigenvalue weighted by atomic mass is 15.1. The van der Waals surface area contributed by atoms with Crippen molar-refractivity contribution in [3.63, 3.8) is 0 Å². The van der Waals surface area contributed by atoms with Gasteiger partial charge in [-0.2, -0.15) is 0 Å². The number of allylic oxidation sites excluding steroid dienone is 3. The first kappa shape index (κ1) is 15.1. The molecule has 0 aromatic heterocycles. The summed E-state index contributed by atoms with van der Waals surface area (Å²) >= 11 is 0. The molecule has 22 heavy (non-hydrogen) atoms. The van der Waals surface area contributed by atoms with Crippen molar-refractivity contribution in [2.24, 2.45) is 0 Å². The van der Waals surface area contributed by atoms with Gasteiger partial charge in [0.15, 0.2) is 0 Å². The molecule has 0 spiro atoms. The summed E-state index contributed by atoms with van der Waals surface area (Å²) < 4.78 is 0. The van der Waals surface area contributed by atoms with Gasteiger partial charge < -0.3 is 0 Å². The predicted molar refractivity (Wildman–Crippen MR) is 96.0 cm³/mol. The van der Waals surface area contributed by atoms with Gasteiger partial charge in [0.1, 0.15) is 0 Å². The molecule has 0 fully saturated rings. The zero-order chi connectivity index (χ0) is 15.2. The maximum Gasteiger partial charge on any atom is 0.0240 e. The SMILES string of the molecule is CN(C/C=C\C1=CCCCC1)Cc1cccc2ccccc12. The third-order valence-electron chi connectivity index (χ3n) is 4.40. The van der Waals surface area contributed by atoms with E-state index >= 15 is 0 Å². The van der Waals surface area contributed by atoms with Crippen LogP contribution in [0.1, 0.15) is 31.2 Å². The molecule has 0 unspecified atom stereocenters. The smallest absolute Gasteiger partial charge is 0.0240 e. The number of benzene rings is 2. The Labute approximate surface area is 134 Å². The van der Waals surface area contributed by atoms with Crippen molar-refractivity contribution < 1.29 is 0 Å². The molecule has 0 aliphatic heterocycles. The predicted octanol–water partition coefficient (Wildman–Crippen LogP) is 5.33. The summed E-state index contributed by atoms with van der Waals surface area (Å²) in [5, 5.41) is 2.70. The van der Waals surface area contributed by atoms with Gasteiger partial charge >= 0.3 is 0 Å². The normalized spacial score (nSPS) is 15.6. The quantitative estimate of drug-likeness (QED) is 0.720. The number of hydrogen-bond donors (Lipinski definition) is 0. The fourth-order valence-corrected chi connectivity index (χ4v) is 3.18. The molecule has 0 saturated carbocycles. The van der Waals surface area contributed by atoms with Gasteiger partial charge in [0.25, 0.3) is 0 Å². The molecule has 1 aliphatic carbocycles. The van der Waals surface area contributed by atoms with E-state index in [2.05, 4.69) is 72.6 Å². The fraction of sp³-hybridized carbons (Fsp3) is 0.333. The highest BCUT2D eigenvalue weighted by Crippen LogP contribution is 2.20. The van der Waals surface area contributed by atoms with Gasteiger partial charge in [-0.05, 0) is 49.1 Å². The number of rotatable bonds is 5. The summed E-state index contributed by atoms with van der Waals surface area (Å²) in [5.74, 6) is 0. The van der Waals surface area contributed by atoms with Crippen LogP contribution in [-0.4, -0.2) is 18.5 Å². The maximum atomic E-state index is 2.39. The Morgan fingerprint density at radius 1 is 1.05 bits per heavy atom. The molecule has 1 aliphatic rings. The van der Waals surface area contributed by atoms with Crippen LogP contribution in [0.25, 0.3) is 10.8 Å². The van der Waals surface area contributed by atoms with Crippen molar-refractivity contribution in [3.8, 4) is 0 Å². The third kappa shape index (κ3) is 3.86. The standard InChI is InChI=1S/C21H25N/c1-22(16-8-11-18-9-3-2-4-10-18)17-20-14-7-13-19-12-5-6-15-21(19)20/h5-9,11-15H,2-4,10,16-17H2,1H3/b11-8-. The molecule has 0 bridgehead atoms. The minimum Gasteiger partial charge on any atom is -0.298 e. The second-order valence-corrected chi connectivity index (χ2v) is 6.26. The first-order valence-electron chi connectivity index (χ1n) is 8.34. The van der Waals surface area contributed by atoms with E-state index in [1.165, 1.54) is 47.6 Å². The molecule has 3 rings (SSSR count). The van der Waals surface area contributed by atoms with Crippen LogP contribution in [0.3, 0.4) is 0 Å². The van der Waals surface area contributed by atoms with Crippen LogP contribution >= 0.6 is 0 Å². The van der Waals surface area contributed by atoms with E-state index in [0.29, 0.717) is 0 Å². The van der Waals surface area contributed by atoms with Gasteiger partial charge in [0.05, 0.1) is 0 Å². The first-order valence-corrected chi connectivity index (χ1v) is 8.34. The molecule has 1 heteroatoms. The van der Waals surface area contributed by atoms with E-state index in [1.54, 1.807) is 0 Å². The Hall–Kier alpha value is -1.86. The van der Waals surface area contributed by atoms with E-state index in [9.17, 15) is 0 Å². The van der Waals surface area contributed by atoms with Gasteiger partial charge in [-0.15, -0.1) is 0 Å². The van der Waals surface area contributed by atoms with Crippen LogP contribution < -0.4 is 0 Å². The van der Waals surface area contributed by atoms with Crippen molar-refractivity contribution in [2.75, 3.05) is 13.6 Å². The Morgan fingerprint density at radius 3 is 2.77 bits per heavy atom. The molecule has 0 radical (unpaired) electrons. The Kier molecular flexibility index (Phi) is 5.07. The van der Waals surface area contributed by atoms with Crippen LogP contribution in [-0.2, 0) is 6.54 Å². The highest BCUT2D eigenvalue weighted by molar-refractivity contribution is 5.85. The molecule has 0 atom stereocenters. The molecular formula is C21H25N. The van der Waals surface area contributed by atoms with Crippen molar-refractivity contribution >= 4 is 10.8 Å². The average Bonchev–Trinajstić information content (AvgIpc) is 2.56. The lowest BCUT2D eigenvalue weighted by molar-refractivity contribution is 0.364. The van der Waals surface area contributed by atoms with Crippen molar-refractivity contribution in [1.82, 2.24) is 4.90 Å². The van der Waals surface area contributed by atoms with Gasteiger partial charge in [-0.3, -0.25) is 4.90 Å². The highest BCUT2D eigenvalue weighted by Gasteiger charge is 2.04. The van der Waals surface area contributed by atoms with Crippen LogP contribution in [0.4, 0.5) is 0 Å². The number of fused-ring (bicyclic) bond motifs is 1. The number of hydrogen-bond acceptors (Lipinski definition) is 1. The lowest BCUT2D eigenvalue weighted by Gasteiger charge is -2.16. The maximum absolute atomic E-state index is 2.39. The Balaban J connectivity index is 1.62. The van der Waals surface area contributed by atoms with E-state index in [-0.39, 0.29) is 0 Å². The average molecular weight is 291 g/mol. The number of likely N-dealkylation sites (N-methyl/N-ethyl adjacent to an activating group) is 1.